The minimum absolute atomic E-state index is 0.0496. The molecule has 0 bridgehead atoms. The maximum Gasteiger partial charge on any atom is 0.287 e. The molecule has 0 aliphatic heterocycles. The van der Waals surface area contributed by atoms with Crippen LogP contribution in [0.5, 0.6) is 0 Å². The highest BCUT2D eigenvalue weighted by Gasteiger charge is 2.19. The first-order chi connectivity index (χ1) is 7.94. The van der Waals surface area contributed by atoms with Crippen LogP contribution in [0.2, 0.25) is 0 Å². The molecule has 0 fully saturated rings. The lowest BCUT2D eigenvalue weighted by atomic mass is 10.1. The van der Waals surface area contributed by atoms with Crippen LogP contribution in [-0.2, 0) is 0 Å². The van der Waals surface area contributed by atoms with Crippen molar-refractivity contribution in [3.63, 3.8) is 0 Å². The SMILES string of the molecule is CSCC(C)(O)CNc1ccc([N+](=O)[O-])cn1. The fraction of sp³-hybridized carbons (Fsp3) is 0.500. The first-order valence-electron chi connectivity index (χ1n) is 5.00. The second-order valence-electron chi connectivity index (χ2n) is 3.94. The Labute approximate surface area is 104 Å². The number of rotatable bonds is 6. The lowest BCUT2D eigenvalue weighted by Crippen LogP contribution is -2.36. The molecule has 17 heavy (non-hydrogen) atoms. The molecule has 7 heteroatoms. The van der Waals surface area contributed by atoms with Gasteiger partial charge in [0.25, 0.3) is 5.69 Å². The molecule has 1 rings (SSSR count). The normalized spacial score (nSPS) is 14.1. The number of pyridine rings is 1. The standard InChI is InChI=1S/C10H15N3O3S/c1-10(14,7-17-2)6-12-9-4-3-8(5-11-9)13(15)16/h3-5,14H,6-7H2,1-2H3,(H,11,12). The topological polar surface area (TPSA) is 88.3 Å². The van der Waals surface area contributed by atoms with Crippen molar-refractivity contribution in [3.05, 3.63) is 28.4 Å². The minimum Gasteiger partial charge on any atom is -0.387 e. The number of nitrogens with one attached hydrogen (secondary N) is 1. The number of hydrogen-bond donors (Lipinski definition) is 2. The molecule has 1 heterocycles. The van der Waals surface area contributed by atoms with Gasteiger partial charge in [-0.05, 0) is 19.2 Å². The molecular formula is C10H15N3O3S. The van der Waals surface area contributed by atoms with E-state index in [1.54, 1.807) is 18.7 Å². The summed E-state index contributed by atoms with van der Waals surface area (Å²) < 4.78 is 0. The van der Waals surface area contributed by atoms with E-state index in [1.165, 1.54) is 18.3 Å². The van der Waals surface area contributed by atoms with E-state index in [1.807, 2.05) is 6.26 Å². The number of aromatic nitrogens is 1. The molecule has 0 saturated heterocycles. The van der Waals surface area contributed by atoms with Crippen molar-refractivity contribution < 1.29 is 10.0 Å². The van der Waals surface area contributed by atoms with Gasteiger partial charge < -0.3 is 10.4 Å². The van der Waals surface area contributed by atoms with Crippen LogP contribution >= 0.6 is 11.8 Å². The summed E-state index contributed by atoms with van der Waals surface area (Å²) in [4.78, 5) is 13.8. The Kier molecular flexibility index (Phi) is 4.71. The molecule has 1 aromatic rings. The highest BCUT2D eigenvalue weighted by Crippen LogP contribution is 2.14. The third-order valence-corrected chi connectivity index (χ3v) is 2.97. The zero-order valence-electron chi connectivity index (χ0n) is 9.71. The summed E-state index contributed by atoms with van der Waals surface area (Å²) in [6, 6.07) is 2.89. The number of nitro groups is 1. The number of thioether (sulfide) groups is 1. The van der Waals surface area contributed by atoms with Crippen molar-refractivity contribution in [3.8, 4) is 0 Å². The number of hydrogen-bond acceptors (Lipinski definition) is 6. The van der Waals surface area contributed by atoms with E-state index in [0.717, 1.165) is 0 Å². The van der Waals surface area contributed by atoms with E-state index in [2.05, 4.69) is 10.3 Å². The van der Waals surface area contributed by atoms with Gasteiger partial charge in [0.2, 0.25) is 0 Å². The molecule has 0 saturated carbocycles. The number of aliphatic hydroxyl groups is 1. The molecule has 0 aliphatic rings. The van der Waals surface area contributed by atoms with Gasteiger partial charge in [0.05, 0.1) is 10.5 Å². The minimum atomic E-state index is -0.830. The van der Waals surface area contributed by atoms with Crippen LogP contribution in [0.1, 0.15) is 6.92 Å². The predicted octanol–water partition coefficient (Wildman–Crippen LogP) is 1.52. The molecule has 0 aromatic carbocycles. The van der Waals surface area contributed by atoms with Crippen LogP contribution < -0.4 is 5.32 Å². The number of anilines is 1. The summed E-state index contributed by atoms with van der Waals surface area (Å²) in [6.07, 6.45) is 3.10. The third-order valence-electron chi connectivity index (χ3n) is 2.06. The molecule has 0 spiro atoms. The molecule has 0 amide bonds. The van der Waals surface area contributed by atoms with Gasteiger partial charge in [-0.1, -0.05) is 0 Å². The quantitative estimate of drug-likeness (QED) is 0.593. The van der Waals surface area contributed by atoms with Gasteiger partial charge in [0.15, 0.2) is 0 Å². The van der Waals surface area contributed by atoms with E-state index >= 15 is 0 Å². The summed E-state index contributed by atoms with van der Waals surface area (Å²) in [6.45, 7) is 2.07. The molecule has 0 aliphatic carbocycles. The fourth-order valence-corrected chi connectivity index (χ4v) is 1.97. The lowest BCUT2D eigenvalue weighted by molar-refractivity contribution is -0.385. The van der Waals surface area contributed by atoms with Crippen molar-refractivity contribution in [1.82, 2.24) is 4.98 Å². The van der Waals surface area contributed by atoms with Crippen LogP contribution in [0, 0.1) is 10.1 Å². The summed E-state index contributed by atoms with van der Waals surface area (Å²) in [7, 11) is 0. The maximum atomic E-state index is 10.4. The summed E-state index contributed by atoms with van der Waals surface area (Å²) >= 11 is 1.55. The van der Waals surface area contributed by atoms with Crippen molar-refractivity contribution in [2.45, 2.75) is 12.5 Å². The Morgan fingerprint density at radius 3 is 2.82 bits per heavy atom. The monoisotopic (exact) mass is 257 g/mol. The summed E-state index contributed by atoms with van der Waals surface area (Å²) in [5, 5.41) is 23.3. The van der Waals surface area contributed by atoms with Gasteiger partial charge in [-0.3, -0.25) is 10.1 Å². The molecular weight excluding hydrogens is 242 g/mol. The Hall–Kier alpha value is -1.34. The average Bonchev–Trinajstić information content (AvgIpc) is 2.27. The highest BCUT2D eigenvalue weighted by molar-refractivity contribution is 7.98. The van der Waals surface area contributed by atoms with E-state index in [-0.39, 0.29) is 5.69 Å². The van der Waals surface area contributed by atoms with Gasteiger partial charge >= 0.3 is 0 Å². The Morgan fingerprint density at radius 1 is 1.65 bits per heavy atom. The lowest BCUT2D eigenvalue weighted by Gasteiger charge is -2.22. The Bertz CT molecular complexity index is 381. The van der Waals surface area contributed by atoms with Crippen LogP contribution in [-0.4, -0.2) is 39.2 Å². The summed E-state index contributed by atoms with van der Waals surface area (Å²) in [5.41, 5.74) is -0.880. The Balaban J connectivity index is 2.55. The van der Waals surface area contributed by atoms with Gasteiger partial charge in [-0.15, -0.1) is 0 Å². The van der Waals surface area contributed by atoms with Crippen LogP contribution in [0.15, 0.2) is 18.3 Å². The molecule has 1 atom stereocenters. The van der Waals surface area contributed by atoms with Crippen molar-refractivity contribution in [2.75, 3.05) is 23.9 Å². The first-order valence-corrected chi connectivity index (χ1v) is 6.39. The zero-order chi connectivity index (χ0) is 12.9. The highest BCUT2D eigenvalue weighted by atomic mass is 32.2. The van der Waals surface area contributed by atoms with E-state index in [4.69, 9.17) is 0 Å². The molecule has 2 N–H and O–H groups in total. The van der Waals surface area contributed by atoms with Gasteiger partial charge in [-0.25, -0.2) is 4.98 Å². The second kappa shape index (κ2) is 5.83. The summed E-state index contributed by atoms with van der Waals surface area (Å²) in [5.74, 6) is 1.12. The third kappa shape index (κ3) is 4.58. The van der Waals surface area contributed by atoms with Crippen molar-refractivity contribution in [2.24, 2.45) is 0 Å². The van der Waals surface area contributed by atoms with Gasteiger partial charge in [-0.2, -0.15) is 11.8 Å². The van der Waals surface area contributed by atoms with Gasteiger partial charge in [0, 0.05) is 18.4 Å². The Morgan fingerprint density at radius 2 is 2.35 bits per heavy atom. The molecule has 6 nitrogen and oxygen atoms in total. The van der Waals surface area contributed by atoms with Gasteiger partial charge in [0.1, 0.15) is 12.0 Å². The number of nitrogens with zero attached hydrogens (tertiary/aromatic N) is 2. The van der Waals surface area contributed by atoms with Crippen molar-refractivity contribution >= 4 is 23.3 Å². The van der Waals surface area contributed by atoms with Crippen molar-refractivity contribution in [1.29, 1.82) is 0 Å². The predicted molar refractivity (Wildman–Crippen MR) is 68.4 cm³/mol. The maximum absolute atomic E-state index is 10.4. The van der Waals surface area contributed by atoms with E-state index in [0.29, 0.717) is 18.1 Å². The molecule has 94 valence electrons. The molecule has 1 unspecified atom stereocenters. The van der Waals surface area contributed by atoms with Crippen LogP contribution in [0.3, 0.4) is 0 Å². The average molecular weight is 257 g/mol. The first kappa shape index (κ1) is 13.7. The van der Waals surface area contributed by atoms with Crippen LogP contribution in [0.25, 0.3) is 0 Å². The van der Waals surface area contributed by atoms with Crippen LogP contribution in [0.4, 0.5) is 11.5 Å². The smallest absolute Gasteiger partial charge is 0.287 e. The zero-order valence-corrected chi connectivity index (χ0v) is 10.5. The van der Waals surface area contributed by atoms with E-state index < -0.39 is 10.5 Å². The molecule has 1 aromatic heterocycles. The molecule has 0 radical (unpaired) electrons. The second-order valence-corrected chi connectivity index (χ2v) is 4.81. The largest absolute Gasteiger partial charge is 0.387 e. The fourth-order valence-electron chi connectivity index (χ4n) is 1.24. The van der Waals surface area contributed by atoms with E-state index in [9.17, 15) is 15.2 Å².